The first kappa shape index (κ1) is 10.5. The highest BCUT2D eigenvalue weighted by Gasteiger charge is 2.34. The maximum atomic E-state index is 10.5. The number of allylic oxidation sites excluding steroid dienone is 1. The number of nitro groups is 1. The van der Waals surface area contributed by atoms with Gasteiger partial charge in [-0.15, -0.1) is 0 Å². The lowest BCUT2D eigenvalue weighted by Gasteiger charge is -2.06. The van der Waals surface area contributed by atoms with Crippen molar-refractivity contribution in [2.45, 2.75) is 18.9 Å². The van der Waals surface area contributed by atoms with Gasteiger partial charge in [0.1, 0.15) is 0 Å². The van der Waals surface area contributed by atoms with Crippen molar-refractivity contribution in [2.75, 3.05) is 6.54 Å². The Hall–Kier alpha value is -1.63. The van der Waals surface area contributed by atoms with Crippen molar-refractivity contribution in [2.24, 2.45) is 0 Å². The quantitative estimate of drug-likeness (QED) is 0.412. The topological polar surface area (TPSA) is 113 Å². The number of rotatable bonds is 3. The molecule has 0 bridgehead atoms. The molecule has 3 N–H and O–H groups in total. The van der Waals surface area contributed by atoms with Gasteiger partial charge in [0.2, 0.25) is 6.10 Å². The van der Waals surface area contributed by atoms with Crippen molar-refractivity contribution in [1.82, 2.24) is 5.32 Å². The number of carboxylic acids is 1. The van der Waals surface area contributed by atoms with Gasteiger partial charge < -0.3 is 15.5 Å². The van der Waals surface area contributed by atoms with Crippen LogP contribution in [0.15, 0.2) is 11.4 Å². The third-order valence-corrected chi connectivity index (χ3v) is 1.94. The van der Waals surface area contributed by atoms with Gasteiger partial charge in [-0.05, 0) is 12.8 Å². The molecule has 1 aliphatic rings. The Morgan fingerprint density at radius 1 is 1.64 bits per heavy atom. The molecule has 1 fully saturated rings. The predicted molar refractivity (Wildman–Crippen MR) is 44.9 cm³/mol. The second-order valence-corrected chi connectivity index (χ2v) is 2.89. The first-order chi connectivity index (χ1) is 6.54. The average molecular weight is 202 g/mol. The highest BCUT2D eigenvalue weighted by atomic mass is 16.6. The summed E-state index contributed by atoms with van der Waals surface area (Å²) in [5, 5.41) is 30.7. The second-order valence-electron chi connectivity index (χ2n) is 2.89. The second kappa shape index (κ2) is 4.05. The fourth-order valence-electron chi connectivity index (χ4n) is 1.30. The molecule has 78 valence electrons. The van der Waals surface area contributed by atoms with Gasteiger partial charge in [-0.2, -0.15) is 0 Å². The molecule has 1 heterocycles. The van der Waals surface area contributed by atoms with Crippen LogP contribution in [-0.4, -0.2) is 33.8 Å². The molecule has 0 aliphatic carbocycles. The summed E-state index contributed by atoms with van der Waals surface area (Å²) in [6, 6.07) is 0. The van der Waals surface area contributed by atoms with Crippen molar-refractivity contribution >= 4 is 5.97 Å². The number of hydrogen-bond donors (Lipinski definition) is 3. The molecule has 1 rings (SSSR count). The van der Waals surface area contributed by atoms with Crippen LogP contribution < -0.4 is 5.32 Å². The van der Waals surface area contributed by atoms with Crippen molar-refractivity contribution in [3.8, 4) is 0 Å². The average Bonchev–Trinajstić information content (AvgIpc) is 2.56. The van der Waals surface area contributed by atoms with Crippen molar-refractivity contribution < 1.29 is 19.9 Å². The van der Waals surface area contributed by atoms with Gasteiger partial charge in [0.05, 0.1) is 10.6 Å². The van der Waals surface area contributed by atoms with E-state index in [1.807, 2.05) is 0 Å². The zero-order valence-electron chi connectivity index (χ0n) is 7.27. The van der Waals surface area contributed by atoms with E-state index in [0.717, 1.165) is 0 Å². The summed E-state index contributed by atoms with van der Waals surface area (Å²) in [7, 11) is 0. The first-order valence-corrected chi connectivity index (χ1v) is 4.06. The van der Waals surface area contributed by atoms with E-state index in [1.54, 1.807) is 0 Å². The smallest absolute Gasteiger partial charge is 0.344 e. The molecule has 1 saturated heterocycles. The zero-order valence-corrected chi connectivity index (χ0v) is 7.27. The molecule has 1 aliphatic heterocycles. The third-order valence-electron chi connectivity index (χ3n) is 1.94. The Morgan fingerprint density at radius 2 is 2.29 bits per heavy atom. The summed E-state index contributed by atoms with van der Waals surface area (Å²) >= 11 is 0. The van der Waals surface area contributed by atoms with E-state index in [4.69, 9.17) is 10.2 Å². The van der Waals surface area contributed by atoms with E-state index >= 15 is 0 Å². The number of carbonyl (C=O) groups is 1. The molecule has 0 aromatic rings. The van der Waals surface area contributed by atoms with Crippen LogP contribution in [0, 0.1) is 10.1 Å². The van der Waals surface area contributed by atoms with Gasteiger partial charge in [-0.25, -0.2) is 4.79 Å². The predicted octanol–water partition coefficient (Wildman–Crippen LogP) is -0.696. The van der Waals surface area contributed by atoms with Gasteiger partial charge in [-0.1, -0.05) is 0 Å². The van der Waals surface area contributed by atoms with Crippen molar-refractivity contribution in [3.05, 3.63) is 21.5 Å². The summed E-state index contributed by atoms with van der Waals surface area (Å²) in [5.41, 5.74) is -0.445. The van der Waals surface area contributed by atoms with Gasteiger partial charge >= 0.3 is 11.7 Å². The van der Waals surface area contributed by atoms with E-state index in [2.05, 4.69) is 5.32 Å². The zero-order chi connectivity index (χ0) is 10.7. The molecule has 0 spiro atoms. The molecule has 0 saturated carbocycles. The number of aliphatic carboxylic acids is 1. The van der Waals surface area contributed by atoms with Crippen LogP contribution in [0.25, 0.3) is 0 Å². The summed E-state index contributed by atoms with van der Waals surface area (Å²) in [4.78, 5) is 20.0. The fraction of sp³-hybridized carbons (Fsp3) is 0.571. The van der Waals surface area contributed by atoms with Gasteiger partial charge in [0, 0.05) is 6.54 Å². The molecular formula is C7H10N2O5. The summed E-state index contributed by atoms with van der Waals surface area (Å²) < 4.78 is 0. The minimum Gasteiger partial charge on any atom is -0.479 e. The Labute approximate surface area is 79.2 Å². The van der Waals surface area contributed by atoms with Crippen LogP contribution in [-0.2, 0) is 4.79 Å². The van der Waals surface area contributed by atoms with Crippen LogP contribution in [0.3, 0.4) is 0 Å². The monoisotopic (exact) mass is 202 g/mol. The molecule has 7 heteroatoms. The Morgan fingerprint density at radius 3 is 2.64 bits per heavy atom. The molecule has 0 radical (unpaired) electrons. The van der Waals surface area contributed by atoms with Crippen LogP contribution >= 0.6 is 0 Å². The fourth-order valence-corrected chi connectivity index (χ4v) is 1.30. The number of nitrogens with zero attached hydrogens (tertiary/aromatic N) is 1. The number of carboxylic acid groups (broad SMARTS) is 1. The Bertz CT molecular complexity index is 290. The minimum atomic E-state index is -2.06. The standard InChI is InChI=1S/C7H10N2O5/c10-6(7(11)12)5(9(13)14)4-2-1-3-8-4/h6,8,10H,1-3H2,(H,11,12)/b5-4+. The lowest BCUT2D eigenvalue weighted by Crippen LogP contribution is -2.29. The highest BCUT2D eigenvalue weighted by molar-refractivity contribution is 5.75. The summed E-state index contributed by atoms with van der Waals surface area (Å²) in [6.45, 7) is 0.568. The number of aliphatic hydroxyl groups excluding tert-OH is 1. The molecule has 14 heavy (non-hydrogen) atoms. The van der Waals surface area contributed by atoms with Gasteiger partial charge in [-0.3, -0.25) is 10.1 Å². The maximum absolute atomic E-state index is 10.5. The Balaban J connectivity index is 2.99. The van der Waals surface area contributed by atoms with Crippen molar-refractivity contribution in [1.29, 1.82) is 0 Å². The van der Waals surface area contributed by atoms with E-state index in [1.165, 1.54) is 0 Å². The normalized spacial score (nSPS) is 21.2. The minimum absolute atomic E-state index is 0.213. The third kappa shape index (κ3) is 1.99. The SMILES string of the molecule is O=C(O)C(O)/C(=C1/CCCN1)[N+](=O)[O-]. The Kier molecular flexibility index (Phi) is 3.03. The molecular weight excluding hydrogens is 192 g/mol. The van der Waals surface area contributed by atoms with E-state index < -0.39 is 22.7 Å². The number of aliphatic hydroxyl groups is 1. The lowest BCUT2D eigenvalue weighted by molar-refractivity contribution is -0.436. The lowest BCUT2D eigenvalue weighted by atomic mass is 10.2. The van der Waals surface area contributed by atoms with E-state index in [9.17, 15) is 14.9 Å². The van der Waals surface area contributed by atoms with Crippen molar-refractivity contribution in [3.63, 3.8) is 0 Å². The summed E-state index contributed by atoms with van der Waals surface area (Å²) in [6.07, 6.45) is -0.953. The highest BCUT2D eigenvalue weighted by Crippen LogP contribution is 2.17. The number of hydrogen-bond acceptors (Lipinski definition) is 5. The van der Waals surface area contributed by atoms with Crippen LogP contribution in [0.1, 0.15) is 12.8 Å². The summed E-state index contributed by atoms with van der Waals surface area (Å²) in [5.74, 6) is -1.61. The molecule has 0 aromatic carbocycles. The largest absolute Gasteiger partial charge is 0.479 e. The molecule has 0 amide bonds. The van der Waals surface area contributed by atoms with Crippen LogP contribution in [0.2, 0.25) is 0 Å². The molecule has 0 aromatic heterocycles. The van der Waals surface area contributed by atoms with E-state index in [0.29, 0.717) is 19.4 Å². The molecule has 7 nitrogen and oxygen atoms in total. The van der Waals surface area contributed by atoms with Gasteiger partial charge in [0.25, 0.3) is 0 Å². The molecule has 1 atom stereocenters. The van der Waals surface area contributed by atoms with Crippen LogP contribution in [0.5, 0.6) is 0 Å². The van der Waals surface area contributed by atoms with Gasteiger partial charge in [0.15, 0.2) is 0 Å². The molecule has 1 unspecified atom stereocenters. The van der Waals surface area contributed by atoms with Crippen LogP contribution in [0.4, 0.5) is 0 Å². The maximum Gasteiger partial charge on any atom is 0.344 e. The van der Waals surface area contributed by atoms with E-state index in [-0.39, 0.29) is 5.70 Å². The number of nitrogens with one attached hydrogen (secondary N) is 1. The first-order valence-electron chi connectivity index (χ1n) is 4.06.